The van der Waals surface area contributed by atoms with E-state index in [1.165, 1.54) is 0 Å². The Labute approximate surface area is 106 Å². The molecule has 2 amide bonds. The number of aliphatic carboxylic acids is 1. The summed E-state index contributed by atoms with van der Waals surface area (Å²) < 4.78 is 0. The first-order chi connectivity index (χ1) is 8.40. The summed E-state index contributed by atoms with van der Waals surface area (Å²) in [5.41, 5.74) is 1.72. The average molecular weight is 250 g/mol. The van der Waals surface area contributed by atoms with Crippen molar-refractivity contribution in [3.8, 4) is 0 Å². The van der Waals surface area contributed by atoms with Gasteiger partial charge in [-0.1, -0.05) is 31.5 Å². The number of carboxylic acids is 1. The van der Waals surface area contributed by atoms with Gasteiger partial charge in [-0.15, -0.1) is 0 Å². The molecule has 0 aliphatic heterocycles. The molecule has 0 saturated heterocycles. The Morgan fingerprint density at radius 2 is 1.72 bits per heavy atom. The van der Waals surface area contributed by atoms with Gasteiger partial charge in [0.05, 0.1) is 0 Å². The first-order valence-corrected chi connectivity index (χ1v) is 5.77. The van der Waals surface area contributed by atoms with E-state index >= 15 is 0 Å². The van der Waals surface area contributed by atoms with E-state index in [0.717, 1.165) is 5.56 Å². The van der Waals surface area contributed by atoms with Gasteiger partial charge in [0.15, 0.2) is 0 Å². The number of rotatable bonds is 4. The van der Waals surface area contributed by atoms with E-state index in [0.29, 0.717) is 5.69 Å². The zero-order chi connectivity index (χ0) is 13.7. The normalized spacial score (nSPS) is 12.0. The lowest BCUT2D eigenvalue weighted by atomic mass is 10.1. The third kappa shape index (κ3) is 4.08. The molecule has 0 fully saturated rings. The Morgan fingerprint density at radius 1 is 1.17 bits per heavy atom. The van der Waals surface area contributed by atoms with E-state index in [4.69, 9.17) is 5.11 Å². The summed E-state index contributed by atoms with van der Waals surface area (Å²) in [6.07, 6.45) is 0. The highest BCUT2D eigenvalue weighted by molar-refractivity contribution is 5.92. The Hall–Kier alpha value is -2.04. The predicted molar refractivity (Wildman–Crippen MR) is 69.6 cm³/mol. The summed E-state index contributed by atoms with van der Waals surface area (Å²) in [5.74, 6) is -1.21. The molecule has 0 bridgehead atoms. The molecule has 0 unspecified atom stereocenters. The fourth-order valence-corrected chi connectivity index (χ4v) is 1.46. The summed E-state index contributed by atoms with van der Waals surface area (Å²) in [6.45, 7) is 5.43. The first-order valence-electron chi connectivity index (χ1n) is 5.77. The standard InChI is InChI=1S/C13H18N2O3/c1-8(2)11(12(16)17)15-13(18)14-10-6-4-9(3)5-7-10/h4-8,11H,1-3H3,(H,16,17)(H2,14,15,18)/t11-/m1/s1. The number of hydrogen-bond acceptors (Lipinski definition) is 2. The molecule has 0 aromatic heterocycles. The molecule has 5 nitrogen and oxygen atoms in total. The second-order valence-corrected chi connectivity index (χ2v) is 4.52. The highest BCUT2D eigenvalue weighted by Gasteiger charge is 2.23. The maximum atomic E-state index is 11.6. The second kappa shape index (κ2) is 6.05. The minimum atomic E-state index is -1.04. The van der Waals surface area contributed by atoms with Crippen molar-refractivity contribution >= 4 is 17.7 Å². The summed E-state index contributed by atoms with van der Waals surface area (Å²) in [4.78, 5) is 22.6. The molecule has 0 spiro atoms. The van der Waals surface area contributed by atoms with Crippen LogP contribution in [-0.2, 0) is 4.79 Å². The van der Waals surface area contributed by atoms with Crippen LogP contribution >= 0.6 is 0 Å². The van der Waals surface area contributed by atoms with E-state index in [1.807, 2.05) is 19.1 Å². The van der Waals surface area contributed by atoms with Gasteiger partial charge in [-0.25, -0.2) is 9.59 Å². The fourth-order valence-electron chi connectivity index (χ4n) is 1.46. The molecule has 0 aliphatic carbocycles. The van der Waals surface area contributed by atoms with Crippen molar-refractivity contribution in [3.05, 3.63) is 29.8 Å². The van der Waals surface area contributed by atoms with E-state index in [2.05, 4.69) is 10.6 Å². The highest BCUT2D eigenvalue weighted by Crippen LogP contribution is 2.09. The third-order valence-corrected chi connectivity index (χ3v) is 2.53. The Kier molecular flexibility index (Phi) is 4.71. The topological polar surface area (TPSA) is 78.4 Å². The molecule has 3 N–H and O–H groups in total. The largest absolute Gasteiger partial charge is 0.480 e. The summed E-state index contributed by atoms with van der Waals surface area (Å²) in [5, 5.41) is 14.0. The minimum absolute atomic E-state index is 0.175. The smallest absolute Gasteiger partial charge is 0.326 e. The summed E-state index contributed by atoms with van der Waals surface area (Å²) >= 11 is 0. The van der Waals surface area contributed by atoms with Crippen LogP contribution in [0.2, 0.25) is 0 Å². The lowest BCUT2D eigenvalue weighted by molar-refractivity contribution is -0.140. The van der Waals surface area contributed by atoms with Crippen molar-refractivity contribution in [3.63, 3.8) is 0 Å². The maximum absolute atomic E-state index is 11.6. The third-order valence-electron chi connectivity index (χ3n) is 2.53. The van der Waals surface area contributed by atoms with Gasteiger partial charge in [-0.05, 0) is 25.0 Å². The minimum Gasteiger partial charge on any atom is -0.480 e. The highest BCUT2D eigenvalue weighted by atomic mass is 16.4. The van der Waals surface area contributed by atoms with Gasteiger partial charge in [-0.3, -0.25) is 0 Å². The molecular weight excluding hydrogens is 232 g/mol. The van der Waals surface area contributed by atoms with Crippen LogP contribution in [0, 0.1) is 12.8 Å². The number of carbonyl (C=O) groups is 2. The number of benzene rings is 1. The molecule has 98 valence electrons. The number of urea groups is 1. The zero-order valence-electron chi connectivity index (χ0n) is 10.7. The number of anilines is 1. The van der Waals surface area contributed by atoms with E-state index in [-0.39, 0.29) is 5.92 Å². The second-order valence-electron chi connectivity index (χ2n) is 4.52. The Bertz CT molecular complexity index is 426. The van der Waals surface area contributed by atoms with Crippen molar-refractivity contribution in [1.82, 2.24) is 5.32 Å². The first kappa shape index (κ1) is 14.0. The van der Waals surface area contributed by atoms with Gasteiger partial charge in [0, 0.05) is 5.69 Å². The van der Waals surface area contributed by atoms with Crippen LogP contribution in [0.5, 0.6) is 0 Å². The molecule has 0 saturated carbocycles. The molecule has 1 aromatic rings. The van der Waals surface area contributed by atoms with Crippen LogP contribution in [0.4, 0.5) is 10.5 Å². The number of amides is 2. The van der Waals surface area contributed by atoms with E-state index in [1.54, 1.807) is 26.0 Å². The molecule has 1 atom stereocenters. The van der Waals surface area contributed by atoms with Crippen LogP contribution in [0.15, 0.2) is 24.3 Å². The summed E-state index contributed by atoms with van der Waals surface area (Å²) in [7, 11) is 0. The van der Waals surface area contributed by atoms with Gasteiger partial charge < -0.3 is 15.7 Å². The molecule has 1 rings (SSSR count). The van der Waals surface area contributed by atoms with Crippen LogP contribution in [0.3, 0.4) is 0 Å². The van der Waals surface area contributed by atoms with Crippen LogP contribution < -0.4 is 10.6 Å². The van der Waals surface area contributed by atoms with Crippen molar-refractivity contribution < 1.29 is 14.7 Å². The SMILES string of the molecule is Cc1ccc(NC(=O)N[C@@H](C(=O)O)C(C)C)cc1. The van der Waals surface area contributed by atoms with Crippen LogP contribution in [0.1, 0.15) is 19.4 Å². The van der Waals surface area contributed by atoms with Crippen molar-refractivity contribution in [2.24, 2.45) is 5.92 Å². The molecule has 0 heterocycles. The molecule has 1 aromatic carbocycles. The maximum Gasteiger partial charge on any atom is 0.326 e. The Balaban J connectivity index is 2.60. The quantitative estimate of drug-likeness (QED) is 0.766. The lowest BCUT2D eigenvalue weighted by Gasteiger charge is -2.18. The lowest BCUT2D eigenvalue weighted by Crippen LogP contribution is -2.46. The zero-order valence-corrected chi connectivity index (χ0v) is 10.7. The molecular formula is C13H18N2O3. The van der Waals surface area contributed by atoms with Gasteiger partial charge in [0.1, 0.15) is 6.04 Å². The number of carbonyl (C=O) groups excluding carboxylic acids is 1. The number of aryl methyl sites for hydroxylation is 1. The molecule has 0 aliphatic rings. The van der Waals surface area contributed by atoms with E-state index in [9.17, 15) is 9.59 Å². The van der Waals surface area contributed by atoms with Crippen molar-refractivity contribution in [2.45, 2.75) is 26.8 Å². The average Bonchev–Trinajstić information content (AvgIpc) is 2.28. The van der Waals surface area contributed by atoms with Crippen molar-refractivity contribution in [1.29, 1.82) is 0 Å². The predicted octanol–water partition coefficient (Wildman–Crippen LogP) is 2.23. The molecule has 18 heavy (non-hydrogen) atoms. The number of hydrogen-bond donors (Lipinski definition) is 3. The van der Waals surface area contributed by atoms with E-state index < -0.39 is 18.0 Å². The van der Waals surface area contributed by atoms with Crippen LogP contribution in [-0.4, -0.2) is 23.1 Å². The van der Waals surface area contributed by atoms with Gasteiger partial charge >= 0.3 is 12.0 Å². The van der Waals surface area contributed by atoms with Gasteiger partial charge in [-0.2, -0.15) is 0 Å². The van der Waals surface area contributed by atoms with Crippen molar-refractivity contribution in [2.75, 3.05) is 5.32 Å². The molecule has 0 radical (unpaired) electrons. The summed E-state index contributed by atoms with van der Waals surface area (Å²) in [6, 6.07) is 5.86. The Morgan fingerprint density at radius 3 is 2.17 bits per heavy atom. The van der Waals surface area contributed by atoms with Gasteiger partial charge in [0.2, 0.25) is 0 Å². The van der Waals surface area contributed by atoms with Gasteiger partial charge in [0.25, 0.3) is 0 Å². The fraction of sp³-hybridized carbons (Fsp3) is 0.385. The monoisotopic (exact) mass is 250 g/mol. The molecule has 5 heteroatoms. The van der Waals surface area contributed by atoms with Crippen LogP contribution in [0.25, 0.3) is 0 Å². The number of carboxylic acid groups (broad SMARTS) is 1. The number of nitrogens with one attached hydrogen (secondary N) is 2.